The van der Waals surface area contributed by atoms with Crippen LogP contribution in [0.5, 0.6) is 0 Å². The van der Waals surface area contributed by atoms with Gasteiger partial charge in [0.05, 0.1) is 28.3 Å². The lowest BCUT2D eigenvalue weighted by Crippen LogP contribution is -2.51. The second kappa shape index (κ2) is 14.3. The van der Waals surface area contributed by atoms with Crippen LogP contribution in [0.15, 0.2) is 146 Å². The van der Waals surface area contributed by atoms with Crippen LogP contribution in [0.3, 0.4) is 0 Å². The third kappa shape index (κ3) is 6.33. The number of nitrogens with one attached hydrogen (secondary N) is 2. The minimum absolute atomic E-state index is 0.00953. The van der Waals surface area contributed by atoms with E-state index in [1.807, 2.05) is 78.9 Å². The standard InChI is InChI=1S/C47H29F6IN4/c48-45(49,46(50,51)47(52,53)54)32-27-39-42(30-17-9-3-10-18-30)37-24-23-35(56-37)40(28-13-5-1-6-14-28)33-21-22-34(55-33)41(29-15-7-2-8-16-29)36-25-26-38(57-36)43(44(32)58-39)31-19-11-4-12-20-31/h1-27,56-57H. The summed E-state index contributed by atoms with van der Waals surface area (Å²) in [7, 11) is 0. The first kappa shape index (κ1) is 37.4. The molecule has 58 heavy (non-hydrogen) atoms. The number of benzene rings is 4. The Hall–Kier alpha value is -6.21. The Morgan fingerprint density at radius 3 is 1.14 bits per heavy atom. The maximum atomic E-state index is 16.6. The third-order valence-electron chi connectivity index (χ3n) is 10.2. The number of fused-ring (bicyclic) bond motifs is 8. The maximum absolute atomic E-state index is 16.6. The van der Waals surface area contributed by atoms with Crippen LogP contribution in [0.2, 0.25) is 0 Å². The van der Waals surface area contributed by atoms with Crippen molar-refractivity contribution in [3.63, 3.8) is 0 Å². The number of H-pyrrole nitrogens is 2. The number of nitrogens with zero attached hydrogens (tertiary/aromatic N) is 2. The van der Waals surface area contributed by atoms with E-state index in [-0.39, 0.29) is 44.9 Å². The van der Waals surface area contributed by atoms with Crippen molar-refractivity contribution in [1.29, 1.82) is 0 Å². The molecule has 286 valence electrons. The molecule has 0 aliphatic carbocycles. The predicted molar refractivity (Wildman–Crippen MR) is 228 cm³/mol. The molecule has 0 saturated carbocycles. The molecule has 8 bridgehead atoms. The minimum Gasteiger partial charge on any atom is -0.354 e. The zero-order valence-electron chi connectivity index (χ0n) is 30.1. The number of hydrogen-bond donors (Lipinski definition) is 2. The number of allylic oxidation sites excluding steroid dienone is 1. The van der Waals surface area contributed by atoms with Gasteiger partial charge < -0.3 is 9.97 Å². The van der Waals surface area contributed by atoms with Crippen LogP contribution >= 0.6 is 22.6 Å². The normalized spacial score (nSPS) is 13.1. The van der Waals surface area contributed by atoms with Gasteiger partial charge in [0.1, 0.15) is 0 Å². The first-order chi connectivity index (χ1) is 27.9. The lowest BCUT2D eigenvalue weighted by Gasteiger charge is -2.30. The molecule has 0 fully saturated rings. The molecule has 4 nitrogen and oxygen atoms in total. The van der Waals surface area contributed by atoms with Gasteiger partial charge in [-0.15, -0.1) is 0 Å². The summed E-state index contributed by atoms with van der Waals surface area (Å²) in [4.78, 5) is 16.8. The van der Waals surface area contributed by atoms with E-state index in [0.717, 1.165) is 22.8 Å². The summed E-state index contributed by atoms with van der Waals surface area (Å²) < 4.78 is 88.6. The van der Waals surface area contributed by atoms with E-state index in [1.165, 1.54) is 0 Å². The number of rotatable bonds is 7. The average Bonchev–Trinajstić information content (AvgIpc) is 4.06. The van der Waals surface area contributed by atoms with Gasteiger partial charge in [0.25, 0.3) is 0 Å². The number of hydrogen-bond acceptors (Lipinski definition) is 2. The van der Waals surface area contributed by atoms with Crippen molar-refractivity contribution >= 4 is 68.5 Å². The highest BCUT2D eigenvalue weighted by atomic mass is 127. The zero-order chi connectivity index (χ0) is 40.2. The van der Waals surface area contributed by atoms with Crippen molar-refractivity contribution < 1.29 is 26.3 Å². The van der Waals surface area contributed by atoms with E-state index >= 15 is 17.6 Å². The highest BCUT2D eigenvalue weighted by Crippen LogP contribution is 2.56. The number of halogens is 7. The topological polar surface area (TPSA) is 57.4 Å². The van der Waals surface area contributed by atoms with Gasteiger partial charge in [-0.1, -0.05) is 121 Å². The lowest BCUT2D eigenvalue weighted by atomic mass is 9.93. The summed E-state index contributed by atoms with van der Waals surface area (Å²) in [6.07, 6.45) is 4.66. The van der Waals surface area contributed by atoms with E-state index in [2.05, 4.69) is 9.97 Å². The monoisotopic (exact) mass is 890 g/mol. The van der Waals surface area contributed by atoms with Gasteiger partial charge in [-0.3, -0.25) is 0 Å². The van der Waals surface area contributed by atoms with Crippen molar-refractivity contribution in [1.82, 2.24) is 19.9 Å². The van der Waals surface area contributed by atoms with Crippen LogP contribution < -0.4 is 0 Å². The van der Waals surface area contributed by atoms with Gasteiger partial charge in [0.2, 0.25) is 0 Å². The predicted octanol–water partition coefficient (Wildman–Crippen LogP) is 14.0. The zero-order valence-corrected chi connectivity index (χ0v) is 32.3. The Morgan fingerprint density at radius 2 is 0.759 bits per heavy atom. The molecule has 3 aromatic heterocycles. The van der Waals surface area contributed by atoms with E-state index in [4.69, 9.17) is 9.97 Å². The van der Waals surface area contributed by atoms with Crippen molar-refractivity contribution in [3.8, 4) is 44.5 Å². The largest absolute Gasteiger partial charge is 0.385 e. The first-order valence-corrected chi connectivity index (χ1v) is 19.2. The van der Waals surface area contributed by atoms with Gasteiger partial charge in [0.15, 0.2) is 0 Å². The molecule has 0 atom stereocenters. The number of aromatic nitrogens is 4. The SMILES string of the molecule is FC(F)(I)C(F)(F)C(F)(F)C1=Cc2nc1c(-c1ccccc1)c1ccc([nH]1)c(-c1ccccc1)c1nc(c(-c3ccccc3)c3ccc([nH]3)c2-c2ccccc2)C=C1. The molecule has 5 heterocycles. The van der Waals surface area contributed by atoms with Crippen molar-refractivity contribution in [2.75, 3.05) is 0 Å². The molecule has 0 amide bonds. The average molecular weight is 891 g/mol. The number of alkyl halides is 7. The van der Waals surface area contributed by atoms with Crippen molar-refractivity contribution in [2.24, 2.45) is 0 Å². The van der Waals surface area contributed by atoms with Crippen LogP contribution in [0, 0.1) is 0 Å². The van der Waals surface area contributed by atoms with E-state index in [0.29, 0.717) is 44.6 Å². The summed E-state index contributed by atoms with van der Waals surface area (Å²) in [6.45, 7) is 0. The lowest BCUT2D eigenvalue weighted by molar-refractivity contribution is -0.244. The molecule has 7 aromatic rings. The Morgan fingerprint density at radius 1 is 0.414 bits per heavy atom. The van der Waals surface area contributed by atoms with Crippen molar-refractivity contribution in [3.05, 3.63) is 168 Å². The molecule has 11 heteroatoms. The minimum atomic E-state index is -5.81. The molecule has 9 rings (SSSR count). The van der Waals surface area contributed by atoms with E-state index in [1.54, 1.807) is 78.9 Å². The smallest absolute Gasteiger partial charge is 0.354 e. The van der Waals surface area contributed by atoms with Crippen LogP contribution in [0.4, 0.5) is 26.3 Å². The second-order valence-electron chi connectivity index (χ2n) is 13.8. The van der Waals surface area contributed by atoms with Gasteiger partial charge in [-0.05, 0) is 64.7 Å². The Balaban J connectivity index is 1.53. The summed E-state index contributed by atoms with van der Waals surface area (Å²) in [5.41, 5.74) is 5.19. The van der Waals surface area contributed by atoms with E-state index < -0.39 is 27.0 Å². The van der Waals surface area contributed by atoms with Crippen LogP contribution in [0.25, 0.3) is 90.4 Å². The van der Waals surface area contributed by atoms with Crippen LogP contribution in [0.1, 0.15) is 22.8 Å². The first-order valence-electron chi connectivity index (χ1n) is 18.2. The maximum Gasteiger partial charge on any atom is 0.385 e. The van der Waals surface area contributed by atoms with Crippen molar-refractivity contribution in [2.45, 2.75) is 15.8 Å². The fraction of sp³-hybridized carbons (Fsp3) is 0.0638. The molecule has 0 unspecified atom stereocenters. The molecule has 4 aromatic carbocycles. The Kier molecular flexibility index (Phi) is 9.22. The van der Waals surface area contributed by atoms with Gasteiger partial charge in [-0.2, -0.15) is 26.3 Å². The fourth-order valence-corrected chi connectivity index (χ4v) is 7.84. The summed E-state index contributed by atoms with van der Waals surface area (Å²) in [6, 6.07) is 43.1. The van der Waals surface area contributed by atoms with Crippen LogP contribution in [-0.2, 0) is 0 Å². The third-order valence-corrected chi connectivity index (χ3v) is 10.9. The Labute approximate surface area is 341 Å². The molecule has 0 radical (unpaired) electrons. The molecule has 0 spiro atoms. The van der Waals surface area contributed by atoms with E-state index in [9.17, 15) is 8.78 Å². The quantitative estimate of drug-likeness (QED) is 0.0951. The van der Waals surface area contributed by atoms with Gasteiger partial charge in [-0.25, -0.2) is 9.97 Å². The molecule has 0 saturated heterocycles. The Bertz CT molecular complexity index is 2920. The number of aromatic amines is 2. The molecular weight excluding hydrogens is 861 g/mol. The van der Waals surface area contributed by atoms with Crippen LogP contribution in [-0.4, -0.2) is 35.7 Å². The molecule has 2 aliphatic heterocycles. The highest BCUT2D eigenvalue weighted by Gasteiger charge is 2.72. The summed E-state index contributed by atoms with van der Waals surface area (Å²) in [5, 5.41) is 0. The highest BCUT2D eigenvalue weighted by molar-refractivity contribution is 14.1. The van der Waals surface area contributed by atoms with Gasteiger partial charge >= 0.3 is 15.8 Å². The van der Waals surface area contributed by atoms with Gasteiger partial charge in [0, 0.05) is 66.9 Å². The fourth-order valence-electron chi connectivity index (χ4n) is 7.50. The molecular formula is C47H29F6IN4. The summed E-state index contributed by atoms with van der Waals surface area (Å²) in [5.74, 6) is -11.2. The molecule has 2 aliphatic rings. The molecule has 2 N–H and O–H groups in total. The summed E-state index contributed by atoms with van der Waals surface area (Å²) >= 11 is 0.0804. The second-order valence-corrected chi connectivity index (χ2v) is 15.2.